The maximum atomic E-state index is 3.81. The molecular formula is C19H34Cl2NTi. The maximum absolute atomic E-state index is 3.81. The van der Waals surface area contributed by atoms with E-state index in [2.05, 4.69) is 52.8 Å². The van der Waals surface area contributed by atoms with Gasteiger partial charge in [-0.05, 0) is 39.4 Å². The van der Waals surface area contributed by atoms with Gasteiger partial charge in [-0.3, -0.25) is 0 Å². The second-order valence-corrected chi connectivity index (χ2v) is 6.78. The normalized spacial score (nSPS) is 16.2. The third kappa shape index (κ3) is 9.71. The van der Waals surface area contributed by atoms with Crippen LogP contribution in [0.1, 0.15) is 66.2 Å². The quantitative estimate of drug-likeness (QED) is 0.367. The minimum absolute atomic E-state index is 0. The van der Waals surface area contributed by atoms with Crippen molar-refractivity contribution in [3.8, 4) is 0 Å². The number of allylic oxidation sites excluding steroid dienone is 3. The zero-order valence-electron chi connectivity index (χ0n) is 15.8. The van der Waals surface area contributed by atoms with Crippen LogP contribution < -0.4 is 24.8 Å². The van der Waals surface area contributed by atoms with Gasteiger partial charge in [0.25, 0.3) is 0 Å². The van der Waals surface area contributed by atoms with E-state index in [0.29, 0.717) is 11.8 Å². The molecule has 0 saturated carbocycles. The van der Waals surface area contributed by atoms with Crippen molar-refractivity contribution in [2.75, 3.05) is 20.6 Å². The topological polar surface area (TPSA) is 3.24 Å². The molecule has 0 fully saturated rings. The molecule has 0 aliphatic heterocycles. The zero-order chi connectivity index (χ0) is 15.1. The monoisotopic (exact) mass is 394 g/mol. The predicted molar refractivity (Wildman–Crippen MR) is 89.7 cm³/mol. The van der Waals surface area contributed by atoms with E-state index in [0.717, 1.165) is 6.54 Å². The molecule has 2 unspecified atom stereocenters. The average molecular weight is 395 g/mol. The molecule has 0 N–H and O–H groups in total. The van der Waals surface area contributed by atoms with Crippen LogP contribution in [-0.2, 0) is 21.7 Å². The van der Waals surface area contributed by atoms with Crippen LogP contribution >= 0.6 is 0 Å². The smallest absolute Gasteiger partial charge is 1.00 e. The van der Waals surface area contributed by atoms with Gasteiger partial charge in [-0.2, -0.15) is 5.57 Å². The fourth-order valence-electron chi connectivity index (χ4n) is 3.17. The first-order valence-corrected chi connectivity index (χ1v) is 8.48. The fraction of sp³-hybridized carbons (Fsp3) is 0.789. The molecular weight excluding hydrogens is 361 g/mol. The van der Waals surface area contributed by atoms with Gasteiger partial charge in [0.05, 0.1) is 0 Å². The first kappa shape index (κ1) is 28.5. The zero-order valence-corrected chi connectivity index (χ0v) is 18.9. The summed E-state index contributed by atoms with van der Waals surface area (Å²) in [5.41, 5.74) is 4.78. The largest absolute Gasteiger partial charge is 3.00 e. The van der Waals surface area contributed by atoms with Gasteiger partial charge in [-0.15, -0.1) is 0 Å². The summed E-state index contributed by atoms with van der Waals surface area (Å²) in [4.78, 5) is 2.29. The fourth-order valence-corrected chi connectivity index (χ4v) is 3.17. The summed E-state index contributed by atoms with van der Waals surface area (Å²) in [7, 11) is 4.34. The SMILES string of the molecule is CCCC(C)C1=[C-]C(C(C)CCC)=C(CCN(C)C)C1.[Cl-].[Cl-].[Ti+3]. The van der Waals surface area contributed by atoms with Crippen molar-refractivity contribution in [2.45, 2.75) is 66.2 Å². The van der Waals surface area contributed by atoms with E-state index in [-0.39, 0.29) is 46.5 Å². The Balaban J connectivity index is -0.00000133. The Morgan fingerprint density at radius 3 is 2.00 bits per heavy atom. The van der Waals surface area contributed by atoms with Gasteiger partial charge >= 0.3 is 21.7 Å². The summed E-state index contributed by atoms with van der Waals surface area (Å²) in [6.07, 6.45) is 11.4. The third-order valence-electron chi connectivity index (χ3n) is 4.47. The molecule has 1 rings (SSSR count). The number of hydrogen-bond acceptors (Lipinski definition) is 1. The van der Waals surface area contributed by atoms with Crippen LogP contribution in [0.2, 0.25) is 0 Å². The molecule has 0 aromatic carbocycles. The molecule has 0 bridgehead atoms. The Labute approximate surface area is 172 Å². The molecule has 0 saturated heterocycles. The van der Waals surface area contributed by atoms with Gasteiger partial charge in [0.15, 0.2) is 0 Å². The van der Waals surface area contributed by atoms with Crippen molar-refractivity contribution < 1.29 is 46.5 Å². The van der Waals surface area contributed by atoms with Crippen LogP contribution in [0.15, 0.2) is 16.7 Å². The number of nitrogens with zero attached hydrogens (tertiary/aromatic N) is 1. The van der Waals surface area contributed by atoms with Crippen molar-refractivity contribution >= 4 is 0 Å². The Morgan fingerprint density at radius 1 is 1.00 bits per heavy atom. The molecule has 23 heavy (non-hydrogen) atoms. The van der Waals surface area contributed by atoms with Crippen LogP contribution in [0.5, 0.6) is 0 Å². The second-order valence-electron chi connectivity index (χ2n) is 6.78. The van der Waals surface area contributed by atoms with Gasteiger partial charge < -0.3 is 29.7 Å². The molecule has 0 aromatic rings. The molecule has 2 atom stereocenters. The maximum Gasteiger partial charge on any atom is 3.00 e. The van der Waals surface area contributed by atoms with Gasteiger partial charge in [-0.25, -0.2) is 17.2 Å². The summed E-state index contributed by atoms with van der Waals surface area (Å²) < 4.78 is 0. The summed E-state index contributed by atoms with van der Waals surface area (Å²) in [5.74, 6) is 1.39. The molecule has 1 aliphatic rings. The van der Waals surface area contributed by atoms with Crippen molar-refractivity contribution in [1.29, 1.82) is 0 Å². The molecule has 1 radical (unpaired) electrons. The molecule has 0 heterocycles. The van der Waals surface area contributed by atoms with Crippen molar-refractivity contribution in [2.24, 2.45) is 11.8 Å². The van der Waals surface area contributed by atoms with E-state index in [1.54, 1.807) is 16.7 Å². The van der Waals surface area contributed by atoms with Crippen molar-refractivity contribution in [3.63, 3.8) is 0 Å². The van der Waals surface area contributed by atoms with Gasteiger partial charge in [0.2, 0.25) is 0 Å². The molecule has 0 aromatic heterocycles. The van der Waals surface area contributed by atoms with E-state index in [1.165, 1.54) is 38.5 Å². The Hall–Kier alpha value is 0.734. The van der Waals surface area contributed by atoms with E-state index in [9.17, 15) is 0 Å². The Morgan fingerprint density at radius 2 is 1.52 bits per heavy atom. The molecule has 1 nitrogen and oxygen atoms in total. The first-order chi connectivity index (χ1) is 9.49. The third-order valence-corrected chi connectivity index (χ3v) is 4.47. The molecule has 133 valence electrons. The molecule has 4 heteroatoms. The van der Waals surface area contributed by atoms with Crippen LogP contribution in [0.25, 0.3) is 0 Å². The molecule has 1 aliphatic carbocycles. The summed E-state index contributed by atoms with van der Waals surface area (Å²) in [6.45, 7) is 10.5. The number of rotatable bonds is 9. The molecule has 0 amide bonds. The Kier molecular flexibility index (Phi) is 18.6. The standard InChI is InChI=1S/C19H34N.2ClH.Ti/c1-7-9-15(3)18-13-17(11-12-20(5)6)19(14-18)16(4)10-8-2;;;/h15-16H,7-13H2,1-6H3;2*1H;/q-1;;;+3/p-2. The van der Waals surface area contributed by atoms with Crippen LogP contribution in [-0.4, -0.2) is 25.5 Å². The van der Waals surface area contributed by atoms with Gasteiger partial charge in [0, 0.05) is 0 Å². The van der Waals surface area contributed by atoms with E-state index in [4.69, 9.17) is 0 Å². The summed E-state index contributed by atoms with van der Waals surface area (Å²) in [5, 5.41) is 0. The van der Waals surface area contributed by atoms with Crippen LogP contribution in [0.4, 0.5) is 0 Å². The van der Waals surface area contributed by atoms with Gasteiger partial charge in [-0.1, -0.05) is 59.3 Å². The predicted octanol–water partition coefficient (Wildman–Crippen LogP) is -0.754. The summed E-state index contributed by atoms with van der Waals surface area (Å²) >= 11 is 0. The average Bonchev–Trinajstić information content (AvgIpc) is 2.81. The van der Waals surface area contributed by atoms with E-state index < -0.39 is 0 Å². The minimum Gasteiger partial charge on any atom is -1.00 e. The van der Waals surface area contributed by atoms with Gasteiger partial charge in [0.1, 0.15) is 0 Å². The second kappa shape index (κ2) is 15.0. The molecule has 0 spiro atoms. The van der Waals surface area contributed by atoms with Crippen LogP contribution in [0, 0.1) is 17.9 Å². The number of halogens is 2. The minimum atomic E-state index is 0. The first-order valence-electron chi connectivity index (χ1n) is 8.48. The van der Waals surface area contributed by atoms with Crippen molar-refractivity contribution in [3.05, 3.63) is 22.8 Å². The Bertz CT molecular complexity index is 364. The van der Waals surface area contributed by atoms with E-state index in [1.807, 2.05) is 0 Å². The van der Waals surface area contributed by atoms with E-state index >= 15 is 0 Å². The van der Waals surface area contributed by atoms with Crippen LogP contribution in [0.3, 0.4) is 0 Å². The van der Waals surface area contributed by atoms with Crippen molar-refractivity contribution in [1.82, 2.24) is 4.90 Å². The number of hydrogen-bond donors (Lipinski definition) is 0. The summed E-state index contributed by atoms with van der Waals surface area (Å²) in [6, 6.07) is 0.